The summed E-state index contributed by atoms with van der Waals surface area (Å²) >= 11 is 0. The Morgan fingerprint density at radius 2 is 1.94 bits per heavy atom. The predicted molar refractivity (Wildman–Crippen MR) is 56.6 cm³/mol. The van der Waals surface area contributed by atoms with Crippen LogP contribution < -0.4 is 0 Å². The lowest BCUT2D eigenvalue weighted by Crippen LogP contribution is -2.41. The van der Waals surface area contributed by atoms with Crippen molar-refractivity contribution in [1.82, 2.24) is 4.90 Å². The van der Waals surface area contributed by atoms with E-state index in [0.29, 0.717) is 12.5 Å². The number of hydrogen-bond acceptors (Lipinski definition) is 2. The topological polar surface area (TPSA) is 40.5 Å². The molecule has 1 fully saturated rings. The van der Waals surface area contributed by atoms with Crippen LogP contribution in [0.2, 0.25) is 0 Å². The van der Waals surface area contributed by atoms with Gasteiger partial charge in [0.25, 0.3) is 0 Å². The Hall–Kier alpha value is -0.780. The summed E-state index contributed by atoms with van der Waals surface area (Å²) in [5.41, 5.74) is 0. The minimum atomic E-state index is -4.67. The molecule has 3 nitrogen and oxygen atoms in total. The first kappa shape index (κ1) is 14.3. The van der Waals surface area contributed by atoms with Crippen molar-refractivity contribution in [2.24, 2.45) is 11.8 Å². The van der Waals surface area contributed by atoms with Crippen LogP contribution in [-0.2, 0) is 4.79 Å². The standard InChI is InChI=1S/C11H18F3NO2/c1-15(6-8-4-2-3-5-8)7-9(10(16)17)11(12,13)14/h8-9H,2-7H2,1H3,(H,16,17). The van der Waals surface area contributed by atoms with Gasteiger partial charge in [-0.15, -0.1) is 0 Å². The molecule has 1 atom stereocenters. The van der Waals surface area contributed by atoms with Gasteiger partial charge in [-0.2, -0.15) is 13.2 Å². The van der Waals surface area contributed by atoms with Crippen LogP contribution in [0, 0.1) is 11.8 Å². The summed E-state index contributed by atoms with van der Waals surface area (Å²) in [5, 5.41) is 8.57. The van der Waals surface area contributed by atoms with Crippen LogP contribution in [0.15, 0.2) is 0 Å². The number of carboxylic acids is 1. The van der Waals surface area contributed by atoms with E-state index in [0.717, 1.165) is 25.7 Å². The fourth-order valence-corrected chi connectivity index (χ4v) is 2.34. The van der Waals surface area contributed by atoms with Crippen LogP contribution in [0.3, 0.4) is 0 Å². The number of carboxylic acid groups (broad SMARTS) is 1. The normalized spacial score (nSPS) is 19.8. The van der Waals surface area contributed by atoms with E-state index in [1.165, 1.54) is 4.90 Å². The lowest BCUT2D eigenvalue weighted by Gasteiger charge is -2.25. The molecule has 0 aromatic carbocycles. The van der Waals surface area contributed by atoms with Crippen molar-refractivity contribution in [2.75, 3.05) is 20.1 Å². The lowest BCUT2D eigenvalue weighted by atomic mass is 10.1. The van der Waals surface area contributed by atoms with E-state index in [2.05, 4.69) is 0 Å². The molecule has 1 unspecified atom stereocenters. The minimum absolute atomic E-state index is 0.419. The van der Waals surface area contributed by atoms with E-state index in [9.17, 15) is 18.0 Å². The molecular formula is C11H18F3NO2. The number of halogens is 3. The zero-order valence-electron chi connectivity index (χ0n) is 9.83. The number of rotatable bonds is 5. The Morgan fingerprint density at radius 3 is 2.35 bits per heavy atom. The second kappa shape index (κ2) is 5.71. The third-order valence-corrected chi connectivity index (χ3v) is 3.23. The fourth-order valence-electron chi connectivity index (χ4n) is 2.34. The van der Waals surface area contributed by atoms with Gasteiger partial charge in [0, 0.05) is 13.1 Å². The summed E-state index contributed by atoms with van der Waals surface area (Å²) in [6.07, 6.45) is -0.349. The van der Waals surface area contributed by atoms with Gasteiger partial charge in [0.1, 0.15) is 0 Å². The molecule has 0 aromatic rings. The summed E-state index contributed by atoms with van der Waals surface area (Å²) in [6, 6.07) is 0. The quantitative estimate of drug-likeness (QED) is 0.817. The molecule has 17 heavy (non-hydrogen) atoms. The van der Waals surface area contributed by atoms with Crippen molar-refractivity contribution in [3.8, 4) is 0 Å². The molecule has 0 saturated heterocycles. The van der Waals surface area contributed by atoms with Gasteiger partial charge < -0.3 is 10.0 Å². The third kappa shape index (κ3) is 4.53. The number of nitrogens with zero attached hydrogens (tertiary/aromatic N) is 1. The SMILES string of the molecule is CN(CC1CCCC1)CC(C(=O)O)C(F)(F)F. The largest absolute Gasteiger partial charge is 0.481 e. The molecule has 0 aromatic heterocycles. The van der Waals surface area contributed by atoms with Crippen molar-refractivity contribution in [3.05, 3.63) is 0 Å². The second-order valence-corrected chi connectivity index (χ2v) is 4.80. The number of hydrogen-bond donors (Lipinski definition) is 1. The van der Waals surface area contributed by atoms with Gasteiger partial charge in [-0.1, -0.05) is 12.8 Å². The first-order chi connectivity index (χ1) is 7.80. The van der Waals surface area contributed by atoms with Crippen molar-refractivity contribution in [3.63, 3.8) is 0 Å². The molecular weight excluding hydrogens is 235 g/mol. The van der Waals surface area contributed by atoms with Gasteiger partial charge in [-0.05, 0) is 25.8 Å². The van der Waals surface area contributed by atoms with E-state index in [4.69, 9.17) is 5.11 Å². The molecule has 0 heterocycles. The Morgan fingerprint density at radius 1 is 1.41 bits per heavy atom. The van der Waals surface area contributed by atoms with Crippen LogP contribution >= 0.6 is 0 Å². The molecule has 0 amide bonds. The average Bonchev–Trinajstić information content (AvgIpc) is 2.64. The van der Waals surface area contributed by atoms with Gasteiger partial charge in [0.15, 0.2) is 5.92 Å². The Balaban J connectivity index is 2.46. The summed E-state index contributed by atoms with van der Waals surface area (Å²) in [6.45, 7) is 0.0925. The lowest BCUT2D eigenvalue weighted by molar-refractivity contribution is -0.196. The van der Waals surface area contributed by atoms with Crippen molar-refractivity contribution >= 4 is 5.97 Å². The van der Waals surface area contributed by atoms with Gasteiger partial charge in [0.05, 0.1) is 0 Å². The highest BCUT2D eigenvalue weighted by molar-refractivity contribution is 5.71. The summed E-state index contributed by atoms with van der Waals surface area (Å²) in [5.74, 6) is -3.66. The van der Waals surface area contributed by atoms with E-state index in [-0.39, 0.29) is 0 Å². The van der Waals surface area contributed by atoms with Gasteiger partial charge >= 0.3 is 12.1 Å². The van der Waals surface area contributed by atoms with Crippen LogP contribution in [0.25, 0.3) is 0 Å². The number of carbonyl (C=O) groups is 1. The highest BCUT2D eigenvalue weighted by Gasteiger charge is 2.45. The maximum Gasteiger partial charge on any atom is 0.403 e. The van der Waals surface area contributed by atoms with Crippen molar-refractivity contribution < 1.29 is 23.1 Å². The molecule has 0 radical (unpaired) electrons. The van der Waals surface area contributed by atoms with Gasteiger partial charge in [-0.3, -0.25) is 4.79 Å². The van der Waals surface area contributed by atoms with Crippen LogP contribution in [0.1, 0.15) is 25.7 Å². The molecule has 1 aliphatic carbocycles. The number of alkyl halides is 3. The fraction of sp³-hybridized carbons (Fsp3) is 0.909. The maximum atomic E-state index is 12.4. The first-order valence-corrected chi connectivity index (χ1v) is 5.78. The highest BCUT2D eigenvalue weighted by Crippen LogP contribution is 2.29. The summed E-state index contributed by atoms with van der Waals surface area (Å²) in [7, 11) is 1.56. The highest BCUT2D eigenvalue weighted by atomic mass is 19.4. The second-order valence-electron chi connectivity index (χ2n) is 4.80. The van der Waals surface area contributed by atoms with E-state index < -0.39 is 24.6 Å². The molecule has 1 rings (SSSR count). The molecule has 1 saturated carbocycles. The van der Waals surface area contributed by atoms with Gasteiger partial charge in [0.2, 0.25) is 0 Å². The van der Waals surface area contributed by atoms with Crippen molar-refractivity contribution in [1.29, 1.82) is 0 Å². The molecule has 0 aliphatic heterocycles. The maximum absolute atomic E-state index is 12.4. The number of aliphatic carboxylic acids is 1. The van der Waals surface area contributed by atoms with Gasteiger partial charge in [-0.25, -0.2) is 0 Å². The van der Waals surface area contributed by atoms with Crippen LogP contribution in [-0.4, -0.2) is 42.3 Å². The Labute approximate surface area is 98.6 Å². The molecule has 1 aliphatic rings. The Kier molecular flexibility index (Phi) is 4.80. The van der Waals surface area contributed by atoms with E-state index in [1.807, 2.05) is 0 Å². The Bertz CT molecular complexity index is 262. The van der Waals surface area contributed by atoms with E-state index in [1.54, 1.807) is 7.05 Å². The predicted octanol–water partition coefficient (Wildman–Crippen LogP) is 2.37. The monoisotopic (exact) mass is 253 g/mol. The smallest absolute Gasteiger partial charge is 0.403 e. The molecule has 1 N–H and O–H groups in total. The van der Waals surface area contributed by atoms with Crippen LogP contribution in [0.5, 0.6) is 0 Å². The molecule has 0 spiro atoms. The van der Waals surface area contributed by atoms with Crippen molar-refractivity contribution in [2.45, 2.75) is 31.9 Å². The third-order valence-electron chi connectivity index (χ3n) is 3.23. The summed E-state index contributed by atoms with van der Waals surface area (Å²) < 4.78 is 37.3. The minimum Gasteiger partial charge on any atom is -0.481 e. The summed E-state index contributed by atoms with van der Waals surface area (Å²) in [4.78, 5) is 12.1. The van der Waals surface area contributed by atoms with E-state index >= 15 is 0 Å². The molecule has 100 valence electrons. The molecule has 0 bridgehead atoms. The average molecular weight is 253 g/mol. The zero-order chi connectivity index (χ0) is 13.1. The zero-order valence-corrected chi connectivity index (χ0v) is 9.83. The molecule has 6 heteroatoms. The van der Waals surface area contributed by atoms with Crippen LogP contribution in [0.4, 0.5) is 13.2 Å². The first-order valence-electron chi connectivity index (χ1n) is 5.78.